The second-order valence-corrected chi connectivity index (χ2v) is 10.4. The lowest BCUT2D eigenvalue weighted by Crippen LogP contribution is -2.36. The van der Waals surface area contributed by atoms with Crippen LogP contribution in [0.3, 0.4) is 0 Å². The topological polar surface area (TPSA) is 17.1 Å². The third-order valence-corrected chi connectivity index (χ3v) is 9.73. The van der Waals surface area contributed by atoms with E-state index in [-0.39, 0.29) is 0 Å². The molecule has 0 unspecified atom stereocenters. The monoisotopic (exact) mass is 302 g/mol. The molecule has 0 aromatic rings. The van der Waals surface area contributed by atoms with Crippen molar-refractivity contribution in [3.05, 3.63) is 0 Å². The number of hydrogen-bond acceptors (Lipinski definition) is 1. The maximum atomic E-state index is 13.1. The Hall–Kier alpha value is -0.330. The smallest absolute Gasteiger partial charge is 0.134 e. The first-order valence-corrected chi connectivity index (χ1v) is 9.74. The van der Waals surface area contributed by atoms with Crippen molar-refractivity contribution >= 4 is 5.78 Å². The summed E-state index contributed by atoms with van der Waals surface area (Å²) in [5.74, 6) is 2.38. The summed E-state index contributed by atoms with van der Waals surface area (Å²) >= 11 is 0. The minimum absolute atomic E-state index is 0.353. The molecular formula is C21H34O. The molecule has 1 nitrogen and oxygen atoms in total. The molecule has 0 aliphatic heterocycles. The normalized spacial score (nSPS) is 47.3. The fourth-order valence-corrected chi connectivity index (χ4v) is 7.57. The highest BCUT2D eigenvalue weighted by Gasteiger charge is 2.61. The van der Waals surface area contributed by atoms with Crippen LogP contribution >= 0.6 is 0 Å². The zero-order chi connectivity index (χ0) is 15.8. The van der Waals surface area contributed by atoms with Crippen molar-refractivity contribution in [2.24, 2.45) is 33.5 Å². The van der Waals surface area contributed by atoms with Crippen LogP contribution < -0.4 is 0 Å². The summed E-state index contributed by atoms with van der Waals surface area (Å²) in [5.41, 5.74) is 1.52. The Bertz CT molecular complexity index is 438. The van der Waals surface area contributed by atoms with E-state index in [0.29, 0.717) is 27.4 Å². The molecule has 1 heteroatoms. The Kier molecular flexibility index (Phi) is 3.04. The zero-order valence-electron chi connectivity index (χ0n) is 15.1. The predicted octanol–water partition coefficient (Wildman–Crippen LogP) is 5.77. The average Bonchev–Trinajstić information content (AvgIpc) is 3.01. The van der Waals surface area contributed by atoms with Crippen LogP contribution in [0.1, 0.15) is 91.9 Å². The molecular weight excluding hydrogens is 268 g/mol. The van der Waals surface area contributed by atoms with Gasteiger partial charge in [0.05, 0.1) is 0 Å². The highest BCUT2D eigenvalue weighted by molar-refractivity contribution is 5.80. The van der Waals surface area contributed by atoms with Crippen LogP contribution in [0, 0.1) is 33.5 Å². The first-order valence-electron chi connectivity index (χ1n) is 9.74. The van der Waals surface area contributed by atoms with E-state index in [0.717, 1.165) is 24.7 Å². The van der Waals surface area contributed by atoms with Gasteiger partial charge in [0.25, 0.3) is 0 Å². The molecule has 4 saturated carbocycles. The minimum atomic E-state index is 0.353. The van der Waals surface area contributed by atoms with Gasteiger partial charge in [0.1, 0.15) is 5.78 Å². The number of hydrogen-bond donors (Lipinski definition) is 0. The van der Waals surface area contributed by atoms with E-state index in [4.69, 9.17) is 0 Å². The van der Waals surface area contributed by atoms with E-state index in [1.807, 2.05) is 0 Å². The maximum absolute atomic E-state index is 13.1. The summed E-state index contributed by atoms with van der Waals surface area (Å²) in [6.07, 6.45) is 12.5. The van der Waals surface area contributed by atoms with Crippen molar-refractivity contribution in [2.45, 2.75) is 91.9 Å². The quantitative estimate of drug-likeness (QED) is 0.644. The molecule has 4 rings (SSSR count). The Labute approximate surface area is 136 Å². The standard InChI is InChI=1S/C21H34O/c1-18(2)15-5-9-20(18,10-6-15)13-17(22)14-21-11-7-16(8-12-21)19(21,3)4/h15-16H,5-14H2,1-4H3. The van der Waals surface area contributed by atoms with Crippen molar-refractivity contribution in [2.75, 3.05) is 0 Å². The van der Waals surface area contributed by atoms with Crippen LogP contribution in [0.4, 0.5) is 0 Å². The van der Waals surface area contributed by atoms with Gasteiger partial charge in [-0.3, -0.25) is 4.79 Å². The van der Waals surface area contributed by atoms with Gasteiger partial charge in [-0.1, -0.05) is 27.7 Å². The van der Waals surface area contributed by atoms with Gasteiger partial charge >= 0.3 is 0 Å². The van der Waals surface area contributed by atoms with E-state index in [1.165, 1.54) is 51.4 Å². The van der Waals surface area contributed by atoms with Crippen LogP contribution in [0.25, 0.3) is 0 Å². The van der Waals surface area contributed by atoms with Gasteiger partial charge in [-0.2, -0.15) is 0 Å². The maximum Gasteiger partial charge on any atom is 0.134 e. The third-order valence-electron chi connectivity index (χ3n) is 9.73. The molecule has 4 bridgehead atoms. The Balaban J connectivity index is 1.50. The predicted molar refractivity (Wildman–Crippen MR) is 90.6 cm³/mol. The molecule has 0 saturated heterocycles. The first-order chi connectivity index (χ1) is 10.2. The SMILES string of the molecule is CC1(C)C2CCC1(CC(=O)CC13CCC(CC1)C3(C)C)CC2. The molecule has 124 valence electrons. The Morgan fingerprint density at radius 2 is 1.05 bits per heavy atom. The summed E-state index contributed by atoms with van der Waals surface area (Å²) < 4.78 is 0. The van der Waals surface area contributed by atoms with Crippen LogP contribution in [-0.4, -0.2) is 5.78 Å². The number of fused-ring (bicyclic) bond motifs is 4. The molecule has 0 aromatic heterocycles. The second-order valence-electron chi connectivity index (χ2n) is 10.4. The molecule has 0 spiro atoms. The zero-order valence-corrected chi connectivity index (χ0v) is 15.1. The van der Waals surface area contributed by atoms with Gasteiger partial charge in [0.15, 0.2) is 0 Å². The van der Waals surface area contributed by atoms with Crippen LogP contribution in [0.5, 0.6) is 0 Å². The van der Waals surface area contributed by atoms with E-state index in [9.17, 15) is 4.79 Å². The molecule has 0 atom stereocenters. The van der Waals surface area contributed by atoms with Crippen molar-refractivity contribution in [3.8, 4) is 0 Å². The van der Waals surface area contributed by atoms with E-state index >= 15 is 0 Å². The third kappa shape index (κ3) is 1.69. The lowest BCUT2D eigenvalue weighted by molar-refractivity contribution is -0.126. The van der Waals surface area contributed by atoms with E-state index in [2.05, 4.69) is 27.7 Å². The summed E-state index contributed by atoms with van der Waals surface area (Å²) in [4.78, 5) is 13.1. The van der Waals surface area contributed by atoms with E-state index < -0.39 is 0 Å². The lowest BCUT2D eigenvalue weighted by Gasteiger charge is -2.41. The number of Topliss-reactive ketones (excluding diaryl/α,β-unsaturated/α-hetero) is 1. The molecule has 4 aliphatic carbocycles. The number of carbonyl (C=O) groups excluding carboxylic acids is 1. The minimum Gasteiger partial charge on any atom is -0.300 e. The average molecular weight is 303 g/mol. The van der Waals surface area contributed by atoms with Gasteiger partial charge < -0.3 is 0 Å². The van der Waals surface area contributed by atoms with E-state index in [1.54, 1.807) is 0 Å². The molecule has 0 radical (unpaired) electrons. The molecule has 22 heavy (non-hydrogen) atoms. The van der Waals surface area contributed by atoms with Gasteiger partial charge in [0, 0.05) is 12.8 Å². The summed E-state index contributed by atoms with van der Waals surface area (Å²) in [6, 6.07) is 0. The highest BCUT2D eigenvalue weighted by atomic mass is 16.1. The number of rotatable bonds is 4. The van der Waals surface area contributed by atoms with Crippen LogP contribution in [0.15, 0.2) is 0 Å². The van der Waals surface area contributed by atoms with Crippen molar-refractivity contribution in [1.29, 1.82) is 0 Å². The summed E-state index contributed by atoms with van der Waals surface area (Å²) in [7, 11) is 0. The van der Waals surface area contributed by atoms with Crippen molar-refractivity contribution < 1.29 is 4.79 Å². The molecule has 4 fully saturated rings. The van der Waals surface area contributed by atoms with Gasteiger partial charge in [-0.05, 0) is 84.9 Å². The fourth-order valence-electron chi connectivity index (χ4n) is 7.57. The second kappa shape index (κ2) is 4.39. The lowest BCUT2D eigenvalue weighted by atomic mass is 9.63. The fraction of sp³-hybridized carbons (Fsp3) is 0.952. The molecule has 0 amide bonds. The first kappa shape index (κ1) is 15.2. The molecule has 0 N–H and O–H groups in total. The van der Waals surface area contributed by atoms with Crippen molar-refractivity contribution in [3.63, 3.8) is 0 Å². The Morgan fingerprint density at radius 3 is 1.27 bits per heavy atom. The molecule has 0 heterocycles. The Morgan fingerprint density at radius 1 is 0.727 bits per heavy atom. The molecule has 4 aliphatic rings. The van der Waals surface area contributed by atoms with Crippen LogP contribution in [-0.2, 0) is 4.79 Å². The number of carbonyl (C=O) groups is 1. The summed E-state index contributed by atoms with van der Waals surface area (Å²) in [6.45, 7) is 9.81. The van der Waals surface area contributed by atoms with Crippen LogP contribution in [0.2, 0.25) is 0 Å². The van der Waals surface area contributed by atoms with Gasteiger partial charge in [-0.15, -0.1) is 0 Å². The van der Waals surface area contributed by atoms with Crippen molar-refractivity contribution in [1.82, 2.24) is 0 Å². The largest absolute Gasteiger partial charge is 0.300 e. The summed E-state index contributed by atoms with van der Waals surface area (Å²) in [5, 5.41) is 0. The highest BCUT2D eigenvalue weighted by Crippen LogP contribution is 2.69. The van der Waals surface area contributed by atoms with Gasteiger partial charge in [0.2, 0.25) is 0 Å². The number of ketones is 1. The molecule has 0 aromatic carbocycles. The van der Waals surface area contributed by atoms with Gasteiger partial charge in [-0.25, -0.2) is 0 Å².